The van der Waals surface area contributed by atoms with Crippen LogP contribution in [0.3, 0.4) is 0 Å². The van der Waals surface area contributed by atoms with Crippen LogP contribution in [0.1, 0.15) is 44.9 Å². The molecule has 2 unspecified atom stereocenters. The Hall–Kier alpha value is -0.200. The summed E-state index contributed by atoms with van der Waals surface area (Å²) in [6, 6.07) is 2.92. The van der Waals surface area contributed by atoms with Crippen LogP contribution in [-0.2, 0) is 0 Å². The van der Waals surface area contributed by atoms with Gasteiger partial charge in [0, 0.05) is 6.04 Å². The third-order valence-electron chi connectivity index (χ3n) is 3.36. The summed E-state index contributed by atoms with van der Waals surface area (Å²) in [4.78, 5) is 0. The molecule has 1 fully saturated rings. The normalized spacial score (nSPS) is 25.2. The van der Waals surface area contributed by atoms with Crippen molar-refractivity contribution in [2.45, 2.75) is 51.0 Å². The lowest BCUT2D eigenvalue weighted by Gasteiger charge is -2.27. The van der Waals surface area contributed by atoms with E-state index in [1.807, 2.05) is 11.8 Å². The third-order valence-corrected chi connectivity index (χ3v) is 4.06. The van der Waals surface area contributed by atoms with Crippen molar-refractivity contribution in [3.8, 4) is 6.07 Å². The van der Waals surface area contributed by atoms with Gasteiger partial charge in [-0.3, -0.25) is 0 Å². The van der Waals surface area contributed by atoms with E-state index in [1.54, 1.807) is 0 Å². The third kappa shape index (κ3) is 5.23. The minimum atomic E-state index is 0.264. The molecule has 1 aliphatic carbocycles. The van der Waals surface area contributed by atoms with Gasteiger partial charge in [0.2, 0.25) is 0 Å². The molecule has 1 aliphatic rings. The first-order valence-corrected chi connectivity index (χ1v) is 7.90. The number of hydrogen-bond acceptors (Lipinski definition) is 3. The van der Waals surface area contributed by atoms with Gasteiger partial charge < -0.3 is 5.32 Å². The van der Waals surface area contributed by atoms with Crippen LogP contribution in [0.2, 0.25) is 0 Å². The summed E-state index contributed by atoms with van der Waals surface area (Å²) in [5.41, 5.74) is 0. The van der Waals surface area contributed by atoms with E-state index >= 15 is 0 Å². The standard InChI is InChI=1S/C13H24N2S/c1-16-10-6-2-5-9-15-13-8-4-3-7-12(13)11-14/h12-13,15H,2-10H2,1H3. The molecule has 0 aromatic rings. The number of thioether (sulfide) groups is 1. The van der Waals surface area contributed by atoms with Gasteiger partial charge >= 0.3 is 0 Å². The maximum atomic E-state index is 9.04. The van der Waals surface area contributed by atoms with Crippen LogP contribution in [0.5, 0.6) is 0 Å². The lowest BCUT2D eigenvalue weighted by atomic mass is 9.85. The number of rotatable bonds is 7. The fourth-order valence-electron chi connectivity index (χ4n) is 2.37. The van der Waals surface area contributed by atoms with Gasteiger partial charge in [0.25, 0.3) is 0 Å². The molecule has 0 spiro atoms. The van der Waals surface area contributed by atoms with Gasteiger partial charge in [-0.2, -0.15) is 17.0 Å². The van der Waals surface area contributed by atoms with E-state index in [2.05, 4.69) is 17.6 Å². The van der Waals surface area contributed by atoms with Crippen LogP contribution in [0, 0.1) is 17.2 Å². The van der Waals surface area contributed by atoms with Gasteiger partial charge in [-0.1, -0.05) is 19.3 Å². The second kappa shape index (κ2) is 8.90. The van der Waals surface area contributed by atoms with Crippen molar-refractivity contribution in [2.24, 2.45) is 5.92 Å². The highest BCUT2D eigenvalue weighted by atomic mass is 32.2. The minimum Gasteiger partial charge on any atom is -0.313 e. The zero-order valence-corrected chi connectivity index (χ0v) is 11.2. The van der Waals surface area contributed by atoms with Gasteiger partial charge in [-0.15, -0.1) is 0 Å². The number of hydrogen-bond donors (Lipinski definition) is 1. The number of nitriles is 1. The summed E-state index contributed by atoms with van der Waals surface area (Å²) in [6.07, 6.45) is 10.9. The SMILES string of the molecule is CSCCCCCNC1CCCCC1C#N. The van der Waals surface area contributed by atoms with E-state index in [1.165, 1.54) is 44.3 Å². The molecule has 0 radical (unpaired) electrons. The average Bonchev–Trinajstić information content (AvgIpc) is 2.34. The fourth-order valence-corrected chi connectivity index (χ4v) is 2.86. The van der Waals surface area contributed by atoms with E-state index in [-0.39, 0.29) is 5.92 Å². The van der Waals surface area contributed by atoms with Crippen molar-refractivity contribution in [1.29, 1.82) is 5.26 Å². The topological polar surface area (TPSA) is 35.8 Å². The van der Waals surface area contributed by atoms with Gasteiger partial charge in [0.1, 0.15) is 0 Å². The highest BCUT2D eigenvalue weighted by molar-refractivity contribution is 7.98. The number of unbranched alkanes of at least 4 members (excludes halogenated alkanes) is 2. The Balaban J connectivity index is 2.04. The average molecular weight is 240 g/mol. The Bertz CT molecular complexity index is 212. The van der Waals surface area contributed by atoms with E-state index in [0.717, 1.165) is 13.0 Å². The quantitative estimate of drug-likeness (QED) is 0.694. The van der Waals surface area contributed by atoms with Gasteiger partial charge in [0.05, 0.1) is 12.0 Å². The van der Waals surface area contributed by atoms with Gasteiger partial charge in [-0.25, -0.2) is 0 Å². The Morgan fingerprint density at radius 1 is 1.25 bits per heavy atom. The number of nitrogens with zero attached hydrogens (tertiary/aromatic N) is 1. The van der Waals surface area contributed by atoms with Crippen LogP contribution >= 0.6 is 11.8 Å². The van der Waals surface area contributed by atoms with Crippen molar-refractivity contribution in [2.75, 3.05) is 18.6 Å². The maximum absolute atomic E-state index is 9.04. The molecular weight excluding hydrogens is 216 g/mol. The second-order valence-electron chi connectivity index (χ2n) is 4.63. The monoisotopic (exact) mass is 240 g/mol. The van der Waals surface area contributed by atoms with Crippen molar-refractivity contribution < 1.29 is 0 Å². The molecule has 92 valence electrons. The molecule has 2 atom stereocenters. The summed E-state index contributed by atoms with van der Waals surface area (Å²) in [5.74, 6) is 1.55. The molecule has 0 aromatic carbocycles. The molecular formula is C13H24N2S. The highest BCUT2D eigenvalue weighted by Crippen LogP contribution is 2.23. The van der Waals surface area contributed by atoms with Crippen molar-refractivity contribution in [1.82, 2.24) is 5.32 Å². The lowest BCUT2D eigenvalue weighted by molar-refractivity contribution is 0.311. The molecule has 3 heteroatoms. The zero-order chi connectivity index (χ0) is 11.6. The molecule has 0 aliphatic heterocycles. The minimum absolute atomic E-state index is 0.264. The summed E-state index contributed by atoms with van der Waals surface area (Å²) in [5, 5.41) is 12.6. The molecule has 0 amide bonds. The Labute approximate surface area is 104 Å². The van der Waals surface area contributed by atoms with E-state index < -0.39 is 0 Å². The summed E-state index contributed by atoms with van der Waals surface area (Å²) < 4.78 is 0. The molecule has 1 N–H and O–H groups in total. The van der Waals surface area contributed by atoms with Crippen molar-refractivity contribution in [3.63, 3.8) is 0 Å². The molecule has 0 aromatic heterocycles. The van der Waals surface area contributed by atoms with Crippen LogP contribution < -0.4 is 5.32 Å². The van der Waals surface area contributed by atoms with Crippen LogP contribution in [0.4, 0.5) is 0 Å². The van der Waals surface area contributed by atoms with Crippen LogP contribution in [0.25, 0.3) is 0 Å². The predicted molar refractivity (Wildman–Crippen MR) is 71.6 cm³/mol. The molecule has 0 heterocycles. The second-order valence-corrected chi connectivity index (χ2v) is 5.62. The highest BCUT2D eigenvalue weighted by Gasteiger charge is 2.23. The smallest absolute Gasteiger partial charge is 0.0672 e. The summed E-state index contributed by atoms with van der Waals surface area (Å²) >= 11 is 1.93. The van der Waals surface area contributed by atoms with Crippen LogP contribution in [-0.4, -0.2) is 24.6 Å². The van der Waals surface area contributed by atoms with E-state index in [9.17, 15) is 0 Å². The first kappa shape index (κ1) is 13.9. The molecule has 0 saturated heterocycles. The molecule has 0 bridgehead atoms. The fraction of sp³-hybridized carbons (Fsp3) is 0.923. The van der Waals surface area contributed by atoms with Crippen molar-refractivity contribution >= 4 is 11.8 Å². The summed E-state index contributed by atoms with van der Waals surface area (Å²) in [7, 11) is 0. The van der Waals surface area contributed by atoms with Crippen LogP contribution in [0.15, 0.2) is 0 Å². The largest absolute Gasteiger partial charge is 0.313 e. The first-order chi connectivity index (χ1) is 7.88. The molecule has 1 rings (SSSR count). The Kier molecular flexibility index (Phi) is 7.71. The molecule has 16 heavy (non-hydrogen) atoms. The van der Waals surface area contributed by atoms with Gasteiger partial charge in [0.15, 0.2) is 0 Å². The van der Waals surface area contributed by atoms with Crippen molar-refractivity contribution in [3.05, 3.63) is 0 Å². The Morgan fingerprint density at radius 2 is 2.06 bits per heavy atom. The molecule has 1 saturated carbocycles. The Morgan fingerprint density at radius 3 is 2.81 bits per heavy atom. The molecule has 2 nitrogen and oxygen atoms in total. The summed E-state index contributed by atoms with van der Waals surface area (Å²) in [6.45, 7) is 1.09. The van der Waals surface area contributed by atoms with E-state index in [0.29, 0.717) is 6.04 Å². The van der Waals surface area contributed by atoms with E-state index in [4.69, 9.17) is 5.26 Å². The predicted octanol–water partition coefficient (Wildman–Crippen LogP) is 3.19. The first-order valence-electron chi connectivity index (χ1n) is 6.50. The zero-order valence-electron chi connectivity index (χ0n) is 10.4. The van der Waals surface area contributed by atoms with Gasteiger partial charge in [-0.05, 0) is 44.2 Å². The maximum Gasteiger partial charge on any atom is 0.0672 e. The lowest BCUT2D eigenvalue weighted by Crippen LogP contribution is -2.38. The number of nitrogens with one attached hydrogen (secondary N) is 1.